The van der Waals surface area contributed by atoms with E-state index in [0.717, 1.165) is 78.8 Å². The van der Waals surface area contributed by atoms with Gasteiger partial charge in [-0.15, -0.1) is 0 Å². The van der Waals surface area contributed by atoms with Crippen molar-refractivity contribution in [2.24, 2.45) is 0 Å². The van der Waals surface area contributed by atoms with Gasteiger partial charge in [-0.1, -0.05) is 30.0 Å². The number of aromatic nitrogens is 4. The minimum absolute atomic E-state index is 0.211. The molecule has 0 unspecified atom stereocenters. The predicted molar refractivity (Wildman–Crippen MR) is 149 cm³/mol. The molecule has 2 N–H and O–H groups in total. The van der Waals surface area contributed by atoms with Crippen molar-refractivity contribution in [3.8, 4) is 0 Å². The molecule has 6 rings (SSSR count). The molecule has 2 aromatic heterocycles. The Bertz CT molecular complexity index is 1330. The van der Waals surface area contributed by atoms with E-state index in [0.29, 0.717) is 5.95 Å². The normalized spacial score (nSPS) is 20.9. The zero-order valence-corrected chi connectivity index (χ0v) is 21.9. The highest BCUT2D eigenvalue weighted by atomic mass is 32.2. The van der Waals surface area contributed by atoms with Crippen LogP contribution in [-0.2, 0) is 0 Å². The van der Waals surface area contributed by atoms with Gasteiger partial charge in [0.2, 0.25) is 5.95 Å². The first-order valence-corrected chi connectivity index (χ1v) is 13.9. The van der Waals surface area contributed by atoms with E-state index in [2.05, 4.69) is 68.1 Å². The van der Waals surface area contributed by atoms with Crippen molar-refractivity contribution in [1.82, 2.24) is 24.4 Å². The summed E-state index contributed by atoms with van der Waals surface area (Å²) in [5.41, 5.74) is 3.84. The second-order valence-corrected chi connectivity index (χ2v) is 11.0. The quantitative estimate of drug-likeness (QED) is 0.373. The molecule has 192 valence electrons. The fraction of sp³-hybridized carbons (Fsp3) is 0.393. The van der Waals surface area contributed by atoms with Crippen molar-refractivity contribution in [3.63, 3.8) is 0 Å². The van der Waals surface area contributed by atoms with Gasteiger partial charge < -0.3 is 24.8 Å². The van der Waals surface area contributed by atoms with Crippen molar-refractivity contribution < 1.29 is 5.11 Å². The standard InChI is InChI=1S/C28H33N7OS/c1-33-15-17-34(18-16-33)21-9-7-20(8-10-21)30-27-29-19-25-26(32-27)35(22-11-13-23(36)14-12-22)28(31-25)37-24-5-3-2-4-6-24/h2-10,19,22-23,36H,11-18H2,1H3,(H,29,30,32). The molecule has 2 fully saturated rings. The van der Waals surface area contributed by atoms with E-state index < -0.39 is 0 Å². The Morgan fingerprint density at radius 3 is 2.35 bits per heavy atom. The number of benzene rings is 2. The van der Waals surface area contributed by atoms with E-state index in [-0.39, 0.29) is 12.1 Å². The summed E-state index contributed by atoms with van der Waals surface area (Å²) < 4.78 is 2.27. The zero-order valence-electron chi connectivity index (χ0n) is 21.1. The number of fused-ring (bicyclic) bond motifs is 1. The Kier molecular flexibility index (Phi) is 6.99. The maximum absolute atomic E-state index is 10.1. The number of nitrogens with one attached hydrogen (secondary N) is 1. The second kappa shape index (κ2) is 10.7. The third kappa shape index (κ3) is 5.44. The van der Waals surface area contributed by atoms with E-state index in [4.69, 9.17) is 9.97 Å². The van der Waals surface area contributed by atoms with Gasteiger partial charge in [0.05, 0.1) is 12.3 Å². The molecule has 9 heteroatoms. The number of piperazine rings is 1. The average molecular weight is 516 g/mol. The van der Waals surface area contributed by atoms with Gasteiger partial charge in [-0.2, -0.15) is 4.98 Å². The van der Waals surface area contributed by atoms with Crippen LogP contribution in [-0.4, -0.2) is 68.9 Å². The number of aliphatic hydroxyl groups is 1. The molecule has 0 spiro atoms. The molecule has 0 radical (unpaired) electrons. The molecule has 2 aromatic carbocycles. The first-order chi connectivity index (χ1) is 18.1. The van der Waals surface area contributed by atoms with Gasteiger partial charge >= 0.3 is 0 Å². The molecule has 1 aliphatic heterocycles. The van der Waals surface area contributed by atoms with Gasteiger partial charge in [-0.25, -0.2) is 9.97 Å². The summed E-state index contributed by atoms with van der Waals surface area (Å²) >= 11 is 1.65. The molecule has 8 nitrogen and oxygen atoms in total. The highest BCUT2D eigenvalue weighted by Crippen LogP contribution is 2.37. The Balaban J connectivity index is 1.27. The first-order valence-electron chi connectivity index (χ1n) is 13.1. The third-order valence-corrected chi connectivity index (χ3v) is 8.35. The van der Waals surface area contributed by atoms with Crippen molar-refractivity contribution in [3.05, 3.63) is 60.8 Å². The number of imidazole rings is 1. The van der Waals surface area contributed by atoms with Crippen LogP contribution < -0.4 is 10.2 Å². The monoisotopic (exact) mass is 515 g/mol. The number of hydrogen-bond acceptors (Lipinski definition) is 8. The lowest BCUT2D eigenvalue weighted by molar-refractivity contribution is 0.109. The van der Waals surface area contributed by atoms with Crippen LogP contribution in [0.4, 0.5) is 17.3 Å². The second-order valence-electron chi connectivity index (χ2n) is 10.0. The van der Waals surface area contributed by atoms with Gasteiger partial charge in [-0.05, 0) is 69.1 Å². The lowest BCUT2D eigenvalue weighted by Crippen LogP contribution is -2.44. The van der Waals surface area contributed by atoms with Crippen LogP contribution in [0.5, 0.6) is 0 Å². The van der Waals surface area contributed by atoms with E-state index in [1.807, 2.05) is 24.4 Å². The van der Waals surface area contributed by atoms with Crippen molar-refractivity contribution >= 4 is 40.2 Å². The molecule has 4 aromatic rings. The summed E-state index contributed by atoms with van der Waals surface area (Å²) in [5.74, 6) is 0.563. The molecule has 1 aliphatic carbocycles. The number of aliphatic hydroxyl groups excluding tert-OH is 1. The molecule has 37 heavy (non-hydrogen) atoms. The van der Waals surface area contributed by atoms with Crippen LogP contribution in [0.2, 0.25) is 0 Å². The van der Waals surface area contributed by atoms with Crippen LogP contribution in [0.3, 0.4) is 0 Å². The number of nitrogens with zero attached hydrogens (tertiary/aromatic N) is 6. The van der Waals surface area contributed by atoms with Crippen molar-refractivity contribution in [1.29, 1.82) is 0 Å². The Morgan fingerprint density at radius 2 is 1.62 bits per heavy atom. The SMILES string of the molecule is CN1CCN(c2ccc(Nc3ncc4nc(Sc5ccccc5)n(C5CCC(O)CC5)c4n3)cc2)CC1. The molecule has 3 heterocycles. The minimum Gasteiger partial charge on any atom is -0.393 e. The molecule has 0 atom stereocenters. The third-order valence-electron chi connectivity index (χ3n) is 7.38. The molecule has 1 saturated heterocycles. The van der Waals surface area contributed by atoms with E-state index in [1.165, 1.54) is 5.69 Å². The summed E-state index contributed by atoms with van der Waals surface area (Å²) in [7, 11) is 2.17. The zero-order chi connectivity index (χ0) is 25.2. The number of anilines is 3. The van der Waals surface area contributed by atoms with Gasteiger partial charge in [0.25, 0.3) is 0 Å². The minimum atomic E-state index is -0.211. The number of rotatable bonds is 6. The maximum Gasteiger partial charge on any atom is 0.229 e. The first kappa shape index (κ1) is 24.2. The van der Waals surface area contributed by atoms with Gasteiger partial charge in [0.1, 0.15) is 5.52 Å². The Labute approximate surface area is 221 Å². The summed E-state index contributed by atoms with van der Waals surface area (Å²) in [4.78, 5) is 20.4. The lowest BCUT2D eigenvalue weighted by atomic mass is 9.93. The van der Waals surface area contributed by atoms with E-state index in [1.54, 1.807) is 11.8 Å². The highest BCUT2D eigenvalue weighted by molar-refractivity contribution is 7.99. The Morgan fingerprint density at radius 1 is 0.892 bits per heavy atom. The van der Waals surface area contributed by atoms with Crippen LogP contribution in [0.1, 0.15) is 31.7 Å². The molecular weight excluding hydrogens is 482 g/mol. The summed E-state index contributed by atoms with van der Waals surface area (Å²) in [6.45, 7) is 4.28. The van der Waals surface area contributed by atoms with Crippen molar-refractivity contribution in [2.75, 3.05) is 43.4 Å². The molecule has 2 aliphatic rings. The topological polar surface area (TPSA) is 82.3 Å². The predicted octanol–water partition coefficient (Wildman–Crippen LogP) is 4.95. The highest BCUT2D eigenvalue weighted by Gasteiger charge is 2.26. The smallest absolute Gasteiger partial charge is 0.229 e. The molecule has 0 bridgehead atoms. The summed E-state index contributed by atoms with van der Waals surface area (Å²) in [6, 6.07) is 19.1. The summed E-state index contributed by atoms with van der Waals surface area (Å²) in [6.07, 6.45) is 5.03. The van der Waals surface area contributed by atoms with Gasteiger partial charge in [0, 0.05) is 48.5 Å². The van der Waals surface area contributed by atoms with Gasteiger partial charge in [0.15, 0.2) is 10.8 Å². The Hall–Kier alpha value is -3.14. The van der Waals surface area contributed by atoms with Crippen LogP contribution in [0.15, 0.2) is 70.8 Å². The summed E-state index contributed by atoms with van der Waals surface area (Å²) in [5, 5.41) is 14.4. The van der Waals surface area contributed by atoms with E-state index in [9.17, 15) is 5.11 Å². The van der Waals surface area contributed by atoms with Crippen molar-refractivity contribution in [2.45, 2.75) is 47.9 Å². The molecular formula is C28H33N7OS. The van der Waals surface area contributed by atoms with Crippen LogP contribution in [0, 0.1) is 0 Å². The fourth-order valence-corrected chi connectivity index (χ4v) is 6.17. The largest absolute Gasteiger partial charge is 0.393 e. The molecule has 1 saturated carbocycles. The van der Waals surface area contributed by atoms with Crippen LogP contribution in [0.25, 0.3) is 11.2 Å². The number of likely N-dealkylation sites (N-methyl/N-ethyl adjacent to an activating group) is 1. The maximum atomic E-state index is 10.1. The average Bonchev–Trinajstić information content (AvgIpc) is 3.28. The number of hydrogen-bond donors (Lipinski definition) is 2. The lowest BCUT2D eigenvalue weighted by Gasteiger charge is -2.34. The molecule has 0 amide bonds. The van der Waals surface area contributed by atoms with E-state index >= 15 is 0 Å². The van der Waals surface area contributed by atoms with Gasteiger partial charge in [-0.3, -0.25) is 0 Å². The fourth-order valence-electron chi connectivity index (χ4n) is 5.19. The van der Waals surface area contributed by atoms with Crippen LogP contribution >= 0.6 is 11.8 Å².